The molecule has 3 rings (SSSR count). The third kappa shape index (κ3) is 2.23. The molecule has 2 heterocycles. The number of benzene rings is 1. The first kappa shape index (κ1) is 12.6. The number of hydrogen-bond donors (Lipinski definition) is 2. The van der Waals surface area contributed by atoms with E-state index in [0.29, 0.717) is 22.7 Å². The Labute approximate surface area is 122 Å². The number of fused-ring (bicyclic) bond motifs is 1. The first-order valence-corrected chi connectivity index (χ1v) is 6.60. The Kier molecular flexibility index (Phi) is 3.11. The van der Waals surface area contributed by atoms with Gasteiger partial charge in [0.15, 0.2) is 5.65 Å². The van der Waals surface area contributed by atoms with Gasteiger partial charge in [-0.25, -0.2) is 9.50 Å². The second-order valence-corrected chi connectivity index (χ2v) is 4.97. The zero-order chi connectivity index (χ0) is 14.1. The van der Waals surface area contributed by atoms with E-state index in [1.165, 1.54) is 10.7 Å². The highest BCUT2D eigenvalue weighted by Crippen LogP contribution is 2.22. The summed E-state index contributed by atoms with van der Waals surface area (Å²) in [5.74, 6) is 0.0536. The number of nitrogens with one attached hydrogen (secondary N) is 1. The third-order valence-electron chi connectivity index (χ3n) is 2.76. The van der Waals surface area contributed by atoms with Crippen molar-refractivity contribution in [1.82, 2.24) is 14.6 Å². The van der Waals surface area contributed by atoms with E-state index < -0.39 is 0 Å². The normalized spacial score (nSPS) is 10.7. The van der Waals surface area contributed by atoms with Crippen LogP contribution in [0, 0.1) is 0 Å². The van der Waals surface area contributed by atoms with Crippen LogP contribution in [0.15, 0.2) is 47.2 Å². The highest BCUT2D eigenvalue weighted by atomic mass is 79.9. The third-order valence-corrected chi connectivity index (χ3v) is 3.45. The Bertz CT molecular complexity index is 798. The van der Waals surface area contributed by atoms with Crippen LogP contribution in [0.2, 0.25) is 0 Å². The highest BCUT2D eigenvalue weighted by Gasteiger charge is 2.15. The smallest absolute Gasteiger partial charge is 0.261 e. The summed E-state index contributed by atoms with van der Waals surface area (Å²) in [6.45, 7) is 0. The number of aromatic nitrogens is 3. The lowest BCUT2D eigenvalue weighted by atomic mass is 10.2. The van der Waals surface area contributed by atoms with Gasteiger partial charge in [0.05, 0.1) is 11.9 Å². The van der Waals surface area contributed by atoms with Crippen LogP contribution < -0.4 is 11.1 Å². The fraction of sp³-hybridized carbons (Fsp3) is 0. The Hall–Kier alpha value is -2.41. The molecule has 0 aliphatic carbocycles. The summed E-state index contributed by atoms with van der Waals surface area (Å²) >= 11 is 3.38. The Morgan fingerprint density at radius 3 is 2.90 bits per heavy atom. The Morgan fingerprint density at radius 2 is 2.10 bits per heavy atom. The van der Waals surface area contributed by atoms with E-state index in [2.05, 4.69) is 31.3 Å². The zero-order valence-corrected chi connectivity index (χ0v) is 11.8. The van der Waals surface area contributed by atoms with Crippen LogP contribution in [-0.2, 0) is 0 Å². The number of halogens is 1. The SMILES string of the molecule is Nc1ccn2ncc(C(=O)Nc3ccccc3Br)c2n1. The highest BCUT2D eigenvalue weighted by molar-refractivity contribution is 9.10. The minimum atomic E-state index is -0.287. The van der Waals surface area contributed by atoms with Gasteiger partial charge in [0, 0.05) is 10.7 Å². The standard InChI is InChI=1S/C13H10BrN5O/c14-9-3-1-2-4-10(9)17-13(20)8-7-16-19-6-5-11(15)18-12(8)19/h1-7H,(H2,15,18)(H,17,20). The van der Waals surface area contributed by atoms with E-state index in [1.54, 1.807) is 18.3 Å². The van der Waals surface area contributed by atoms with Crippen molar-refractivity contribution >= 4 is 39.0 Å². The number of anilines is 2. The Morgan fingerprint density at radius 1 is 1.30 bits per heavy atom. The predicted molar refractivity (Wildman–Crippen MR) is 79.5 cm³/mol. The second-order valence-electron chi connectivity index (χ2n) is 4.11. The van der Waals surface area contributed by atoms with Crippen molar-refractivity contribution in [3.05, 3.63) is 52.8 Å². The first-order valence-electron chi connectivity index (χ1n) is 5.81. The van der Waals surface area contributed by atoms with Crippen LogP contribution in [0.3, 0.4) is 0 Å². The molecule has 20 heavy (non-hydrogen) atoms. The van der Waals surface area contributed by atoms with Crippen molar-refractivity contribution in [2.24, 2.45) is 0 Å². The minimum absolute atomic E-state index is 0.287. The maximum atomic E-state index is 12.3. The van der Waals surface area contributed by atoms with E-state index in [4.69, 9.17) is 5.73 Å². The molecule has 100 valence electrons. The largest absolute Gasteiger partial charge is 0.384 e. The molecule has 3 N–H and O–H groups in total. The molecule has 0 unspecified atom stereocenters. The Balaban J connectivity index is 1.97. The summed E-state index contributed by atoms with van der Waals surface area (Å²) < 4.78 is 2.31. The maximum absolute atomic E-state index is 12.3. The van der Waals surface area contributed by atoms with E-state index in [9.17, 15) is 4.79 Å². The van der Waals surface area contributed by atoms with Gasteiger partial charge < -0.3 is 11.1 Å². The van der Waals surface area contributed by atoms with E-state index in [0.717, 1.165) is 4.47 Å². The molecule has 0 spiro atoms. The number of carbonyl (C=O) groups excluding carboxylic acids is 1. The fourth-order valence-corrected chi connectivity index (χ4v) is 2.18. The molecule has 6 nitrogen and oxygen atoms in total. The zero-order valence-electron chi connectivity index (χ0n) is 10.2. The van der Waals surface area contributed by atoms with E-state index in [-0.39, 0.29) is 5.91 Å². The molecule has 7 heteroatoms. The minimum Gasteiger partial charge on any atom is -0.384 e. The molecule has 0 aliphatic heterocycles. The second kappa shape index (κ2) is 4.93. The van der Waals surface area contributed by atoms with Crippen molar-refractivity contribution < 1.29 is 4.79 Å². The number of carbonyl (C=O) groups is 1. The van der Waals surface area contributed by atoms with Gasteiger partial charge >= 0.3 is 0 Å². The molecule has 0 saturated carbocycles. The van der Waals surface area contributed by atoms with Gasteiger partial charge in [0.1, 0.15) is 11.4 Å². The van der Waals surface area contributed by atoms with Crippen LogP contribution in [0.25, 0.3) is 5.65 Å². The van der Waals surface area contributed by atoms with Crippen molar-refractivity contribution in [2.75, 3.05) is 11.1 Å². The monoisotopic (exact) mass is 331 g/mol. The van der Waals surface area contributed by atoms with Gasteiger partial charge in [0.25, 0.3) is 5.91 Å². The molecule has 1 aromatic carbocycles. The van der Waals surface area contributed by atoms with Gasteiger partial charge in [-0.1, -0.05) is 12.1 Å². The summed E-state index contributed by atoms with van der Waals surface area (Å²) in [5, 5.41) is 6.88. The van der Waals surface area contributed by atoms with Crippen LogP contribution in [-0.4, -0.2) is 20.5 Å². The molecular formula is C13H10BrN5O. The van der Waals surface area contributed by atoms with Gasteiger partial charge in [-0.05, 0) is 34.1 Å². The molecule has 0 aliphatic rings. The molecule has 0 saturated heterocycles. The number of para-hydroxylation sites is 1. The maximum Gasteiger partial charge on any atom is 0.261 e. The summed E-state index contributed by atoms with van der Waals surface area (Å²) in [6.07, 6.45) is 3.13. The van der Waals surface area contributed by atoms with Crippen LogP contribution in [0.4, 0.5) is 11.5 Å². The summed E-state index contributed by atoms with van der Waals surface area (Å²) in [6, 6.07) is 8.98. The number of amides is 1. The lowest BCUT2D eigenvalue weighted by molar-refractivity contribution is 0.102. The van der Waals surface area contributed by atoms with Gasteiger partial charge in [-0.15, -0.1) is 0 Å². The van der Waals surface area contributed by atoms with Gasteiger partial charge in [0.2, 0.25) is 0 Å². The molecule has 0 fully saturated rings. The molecule has 0 radical (unpaired) electrons. The van der Waals surface area contributed by atoms with Gasteiger partial charge in [-0.3, -0.25) is 4.79 Å². The molecule has 0 bridgehead atoms. The molecule has 3 aromatic rings. The van der Waals surface area contributed by atoms with E-state index in [1.807, 2.05) is 18.2 Å². The average Bonchev–Trinajstić information content (AvgIpc) is 2.84. The lowest BCUT2D eigenvalue weighted by Crippen LogP contribution is -2.12. The molecular weight excluding hydrogens is 322 g/mol. The molecule has 2 aromatic heterocycles. The van der Waals surface area contributed by atoms with Crippen molar-refractivity contribution in [2.45, 2.75) is 0 Å². The van der Waals surface area contributed by atoms with Gasteiger partial charge in [-0.2, -0.15) is 5.10 Å². The summed E-state index contributed by atoms with van der Waals surface area (Å²) in [5.41, 5.74) is 7.11. The fourth-order valence-electron chi connectivity index (χ4n) is 1.80. The number of nitrogen functional groups attached to an aromatic ring is 1. The topological polar surface area (TPSA) is 85.3 Å². The van der Waals surface area contributed by atoms with Crippen molar-refractivity contribution in [1.29, 1.82) is 0 Å². The van der Waals surface area contributed by atoms with Crippen molar-refractivity contribution in [3.63, 3.8) is 0 Å². The van der Waals surface area contributed by atoms with E-state index >= 15 is 0 Å². The quantitative estimate of drug-likeness (QED) is 0.754. The average molecular weight is 332 g/mol. The van der Waals surface area contributed by atoms with Crippen molar-refractivity contribution in [3.8, 4) is 0 Å². The van der Waals surface area contributed by atoms with Crippen LogP contribution >= 0.6 is 15.9 Å². The summed E-state index contributed by atoms with van der Waals surface area (Å²) in [4.78, 5) is 16.4. The predicted octanol–water partition coefficient (Wildman–Crippen LogP) is 2.33. The lowest BCUT2D eigenvalue weighted by Gasteiger charge is -2.05. The first-order chi connectivity index (χ1) is 9.65. The van der Waals surface area contributed by atoms with Crippen LogP contribution in [0.1, 0.15) is 10.4 Å². The number of nitrogens with two attached hydrogens (primary N) is 1. The summed E-state index contributed by atoms with van der Waals surface area (Å²) in [7, 11) is 0. The number of rotatable bonds is 2. The molecule has 0 atom stereocenters. The molecule has 1 amide bonds. The number of hydrogen-bond acceptors (Lipinski definition) is 4. The number of nitrogens with zero attached hydrogens (tertiary/aromatic N) is 3. The van der Waals surface area contributed by atoms with Crippen LogP contribution in [0.5, 0.6) is 0 Å².